The fourth-order valence-corrected chi connectivity index (χ4v) is 2.74. The number of nitrogens with zero attached hydrogens (tertiary/aromatic N) is 1. The average Bonchev–Trinajstić information content (AvgIpc) is 3.04. The first-order chi connectivity index (χ1) is 12.7. The smallest absolute Gasteiger partial charge is 0.335 e. The van der Waals surface area contributed by atoms with E-state index in [1.54, 1.807) is 42.5 Å². The standard InChI is InChI=1S/C21H22N2O4/c1-21(2,3)20-23-16-12-14(9-10-17(16)27-20)22-18(24)11-8-13-6-4-5-7-15(13)19(25)26/h4-7,9-10,12H,8,11H2,1-3H3,(H,22,24)(H,25,26). The molecule has 0 saturated heterocycles. The third-order valence-electron chi connectivity index (χ3n) is 4.18. The van der Waals surface area contributed by atoms with Gasteiger partial charge in [-0.1, -0.05) is 39.0 Å². The number of aromatic carboxylic acids is 1. The van der Waals surface area contributed by atoms with Crippen LogP contribution in [0.4, 0.5) is 5.69 Å². The average molecular weight is 366 g/mol. The van der Waals surface area contributed by atoms with Gasteiger partial charge in [-0.05, 0) is 36.2 Å². The normalized spacial score (nSPS) is 11.5. The van der Waals surface area contributed by atoms with E-state index in [1.807, 2.05) is 20.8 Å². The number of nitrogens with one attached hydrogen (secondary N) is 1. The third-order valence-corrected chi connectivity index (χ3v) is 4.18. The van der Waals surface area contributed by atoms with Crippen molar-refractivity contribution in [2.45, 2.75) is 39.0 Å². The van der Waals surface area contributed by atoms with Crippen molar-refractivity contribution in [2.24, 2.45) is 0 Å². The number of carbonyl (C=O) groups is 2. The van der Waals surface area contributed by atoms with Gasteiger partial charge in [-0.25, -0.2) is 9.78 Å². The highest BCUT2D eigenvalue weighted by Gasteiger charge is 2.21. The van der Waals surface area contributed by atoms with Crippen molar-refractivity contribution in [3.63, 3.8) is 0 Å². The molecule has 2 N–H and O–H groups in total. The van der Waals surface area contributed by atoms with Gasteiger partial charge in [0, 0.05) is 17.5 Å². The maximum atomic E-state index is 12.3. The molecule has 0 unspecified atom stereocenters. The molecule has 3 rings (SSSR count). The zero-order valence-electron chi connectivity index (χ0n) is 15.6. The summed E-state index contributed by atoms with van der Waals surface area (Å²) in [6.07, 6.45) is 0.545. The number of benzene rings is 2. The molecule has 6 nitrogen and oxygen atoms in total. The lowest BCUT2D eigenvalue weighted by Gasteiger charge is -2.11. The number of fused-ring (bicyclic) bond motifs is 1. The van der Waals surface area contributed by atoms with Gasteiger partial charge in [0.15, 0.2) is 5.58 Å². The Morgan fingerprint density at radius 3 is 2.59 bits per heavy atom. The summed E-state index contributed by atoms with van der Waals surface area (Å²) in [7, 11) is 0. The van der Waals surface area contributed by atoms with E-state index in [1.165, 1.54) is 0 Å². The number of aryl methyl sites for hydroxylation is 1. The Labute approximate surface area is 157 Å². The van der Waals surface area contributed by atoms with Crippen molar-refractivity contribution in [3.05, 3.63) is 59.5 Å². The van der Waals surface area contributed by atoms with Crippen LogP contribution in [0, 0.1) is 0 Å². The van der Waals surface area contributed by atoms with Crippen molar-refractivity contribution in [3.8, 4) is 0 Å². The molecule has 0 saturated carbocycles. The Hall–Kier alpha value is -3.15. The van der Waals surface area contributed by atoms with E-state index in [0.29, 0.717) is 34.7 Å². The van der Waals surface area contributed by atoms with E-state index in [4.69, 9.17) is 4.42 Å². The molecule has 0 atom stereocenters. The van der Waals surface area contributed by atoms with E-state index in [2.05, 4.69) is 10.3 Å². The largest absolute Gasteiger partial charge is 0.478 e. The molecule has 0 bridgehead atoms. The Morgan fingerprint density at radius 2 is 1.89 bits per heavy atom. The number of amides is 1. The topological polar surface area (TPSA) is 92.4 Å². The Morgan fingerprint density at radius 1 is 1.15 bits per heavy atom. The van der Waals surface area contributed by atoms with Crippen LogP contribution in [0.5, 0.6) is 0 Å². The maximum absolute atomic E-state index is 12.3. The summed E-state index contributed by atoms with van der Waals surface area (Å²) in [6, 6.07) is 12.0. The monoisotopic (exact) mass is 366 g/mol. The quantitative estimate of drug-likeness (QED) is 0.698. The summed E-state index contributed by atoms with van der Waals surface area (Å²) < 4.78 is 5.75. The van der Waals surface area contributed by atoms with Crippen molar-refractivity contribution in [1.82, 2.24) is 4.98 Å². The first kappa shape index (κ1) is 18.6. The molecule has 0 radical (unpaired) electrons. The molecule has 27 heavy (non-hydrogen) atoms. The Balaban J connectivity index is 1.68. The van der Waals surface area contributed by atoms with Crippen LogP contribution in [0.1, 0.15) is 49.0 Å². The van der Waals surface area contributed by atoms with Gasteiger partial charge in [-0.2, -0.15) is 0 Å². The minimum absolute atomic E-state index is 0.186. The number of hydrogen-bond donors (Lipinski definition) is 2. The van der Waals surface area contributed by atoms with Crippen LogP contribution in [-0.4, -0.2) is 22.0 Å². The van der Waals surface area contributed by atoms with Gasteiger partial charge in [0.25, 0.3) is 0 Å². The van der Waals surface area contributed by atoms with Crippen LogP contribution in [0.3, 0.4) is 0 Å². The fraction of sp³-hybridized carbons (Fsp3) is 0.286. The number of carboxylic acid groups (broad SMARTS) is 1. The molecular weight excluding hydrogens is 344 g/mol. The van der Waals surface area contributed by atoms with Crippen LogP contribution >= 0.6 is 0 Å². The molecule has 1 aromatic heterocycles. The van der Waals surface area contributed by atoms with E-state index in [9.17, 15) is 14.7 Å². The molecule has 0 aliphatic carbocycles. The second-order valence-corrected chi connectivity index (χ2v) is 7.46. The van der Waals surface area contributed by atoms with Crippen molar-refractivity contribution < 1.29 is 19.1 Å². The molecule has 0 aliphatic rings. The number of anilines is 1. The van der Waals surface area contributed by atoms with Crippen LogP contribution in [0.2, 0.25) is 0 Å². The number of carbonyl (C=O) groups excluding carboxylic acids is 1. The molecular formula is C21H22N2O4. The first-order valence-corrected chi connectivity index (χ1v) is 8.76. The molecule has 6 heteroatoms. The maximum Gasteiger partial charge on any atom is 0.335 e. The van der Waals surface area contributed by atoms with E-state index >= 15 is 0 Å². The van der Waals surface area contributed by atoms with Crippen LogP contribution in [0.25, 0.3) is 11.1 Å². The van der Waals surface area contributed by atoms with Gasteiger partial charge in [0.2, 0.25) is 11.8 Å². The Bertz CT molecular complexity index is 999. The molecule has 1 heterocycles. The highest BCUT2D eigenvalue weighted by atomic mass is 16.4. The summed E-state index contributed by atoms with van der Waals surface area (Å²) in [4.78, 5) is 28.0. The minimum Gasteiger partial charge on any atom is -0.478 e. The summed E-state index contributed by atoms with van der Waals surface area (Å²) in [5.74, 6) is -0.530. The minimum atomic E-state index is -0.989. The first-order valence-electron chi connectivity index (χ1n) is 8.76. The lowest BCUT2D eigenvalue weighted by molar-refractivity contribution is -0.116. The number of rotatable bonds is 5. The SMILES string of the molecule is CC(C)(C)c1nc2cc(NC(=O)CCc3ccccc3C(=O)O)ccc2o1. The predicted molar refractivity (Wildman–Crippen MR) is 103 cm³/mol. The van der Waals surface area contributed by atoms with E-state index in [0.717, 1.165) is 0 Å². The van der Waals surface area contributed by atoms with Crippen LogP contribution in [0.15, 0.2) is 46.9 Å². The van der Waals surface area contributed by atoms with Crippen molar-refractivity contribution >= 4 is 28.7 Å². The number of hydrogen-bond acceptors (Lipinski definition) is 4. The molecule has 140 valence electrons. The highest BCUT2D eigenvalue weighted by molar-refractivity contribution is 5.93. The van der Waals surface area contributed by atoms with Gasteiger partial charge in [-0.15, -0.1) is 0 Å². The Kier molecular flexibility index (Phi) is 4.99. The summed E-state index contributed by atoms with van der Waals surface area (Å²) >= 11 is 0. The highest BCUT2D eigenvalue weighted by Crippen LogP contribution is 2.27. The molecule has 0 aliphatic heterocycles. The lowest BCUT2D eigenvalue weighted by Crippen LogP contribution is -2.13. The number of carboxylic acids is 1. The van der Waals surface area contributed by atoms with Crippen LogP contribution in [-0.2, 0) is 16.6 Å². The van der Waals surface area contributed by atoms with Gasteiger partial charge in [-0.3, -0.25) is 4.79 Å². The van der Waals surface area contributed by atoms with Crippen molar-refractivity contribution in [2.75, 3.05) is 5.32 Å². The van der Waals surface area contributed by atoms with Crippen LogP contribution < -0.4 is 5.32 Å². The molecule has 3 aromatic rings. The molecule has 2 aromatic carbocycles. The van der Waals surface area contributed by atoms with Crippen molar-refractivity contribution in [1.29, 1.82) is 0 Å². The van der Waals surface area contributed by atoms with Gasteiger partial charge >= 0.3 is 5.97 Å². The van der Waals surface area contributed by atoms with Gasteiger partial charge < -0.3 is 14.8 Å². The predicted octanol–water partition coefficient (Wildman–Crippen LogP) is 4.39. The summed E-state index contributed by atoms with van der Waals surface area (Å²) in [5.41, 5.74) is 2.67. The van der Waals surface area contributed by atoms with E-state index < -0.39 is 5.97 Å². The number of aromatic nitrogens is 1. The molecule has 0 spiro atoms. The second-order valence-electron chi connectivity index (χ2n) is 7.46. The number of oxazole rings is 1. The van der Waals surface area contributed by atoms with E-state index in [-0.39, 0.29) is 23.3 Å². The third kappa shape index (κ3) is 4.34. The fourth-order valence-electron chi connectivity index (χ4n) is 2.74. The zero-order chi connectivity index (χ0) is 19.6. The second kappa shape index (κ2) is 7.23. The lowest BCUT2D eigenvalue weighted by atomic mass is 9.97. The summed E-state index contributed by atoms with van der Waals surface area (Å²) in [6.45, 7) is 6.07. The summed E-state index contributed by atoms with van der Waals surface area (Å²) in [5, 5.41) is 12.0. The molecule has 0 fully saturated rings. The van der Waals surface area contributed by atoms with Gasteiger partial charge in [0.05, 0.1) is 5.56 Å². The zero-order valence-corrected chi connectivity index (χ0v) is 15.6. The van der Waals surface area contributed by atoms with Gasteiger partial charge in [0.1, 0.15) is 5.52 Å². The molecule has 1 amide bonds.